The van der Waals surface area contributed by atoms with E-state index in [4.69, 9.17) is 0 Å². The third-order valence-corrected chi connectivity index (χ3v) is 5.51. The number of aliphatic imine (C=N–C) groups is 1. The first kappa shape index (κ1) is 20.3. The van der Waals surface area contributed by atoms with Crippen molar-refractivity contribution >= 4 is 29.8 Å². The number of hydrogen-bond acceptors (Lipinski definition) is 7. The molecule has 1 N–H and O–H groups in total. The van der Waals surface area contributed by atoms with Crippen molar-refractivity contribution in [3.63, 3.8) is 0 Å². The van der Waals surface area contributed by atoms with Crippen molar-refractivity contribution in [2.45, 2.75) is 25.4 Å². The zero-order valence-electron chi connectivity index (χ0n) is 17.4. The number of allylic oxidation sites excluding steroid dienone is 1. The molecule has 0 radical (unpaired) electrons. The van der Waals surface area contributed by atoms with Crippen molar-refractivity contribution in [2.75, 3.05) is 4.90 Å². The molecule has 3 aliphatic heterocycles. The van der Waals surface area contributed by atoms with Gasteiger partial charge in [-0.1, -0.05) is 5.92 Å². The van der Waals surface area contributed by atoms with E-state index in [9.17, 15) is 14.4 Å². The van der Waals surface area contributed by atoms with Gasteiger partial charge in [0.05, 0.1) is 0 Å². The standard InChI is InChI=1S/C24H18N6O3/c31-22-9-7-20(23(32)26-22)30-15-17-14-16(3-6-19(17)24(30)33)2-4-18-5-8-21(28-27-18)29-12-1-10-25-11-13-29/h1,3,5-6,8,10-14,20H,7,9,15H2,(H,26,31,32). The number of piperidine rings is 1. The Morgan fingerprint density at radius 2 is 1.94 bits per heavy atom. The highest BCUT2D eigenvalue weighted by Crippen LogP contribution is 2.28. The van der Waals surface area contributed by atoms with Gasteiger partial charge in [-0.3, -0.25) is 24.7 Å². The molecule has 3 aliphatic rings. The lowest BCUT2D eigenvalue weighted by Crippen LogP contribution is -2.52. The Morgan fingerprint density at radius 1 is 1.03 bits per heavy atom. The summed E-state index contributed by atoms with van der Waals surface area (Å²) in [7, 11) is 0. The van der Waals surface area contributed by atoms with E-state index in [1.54, 1.807) is 47.8 Å². The molecule has 5 rings (SSSR count). The van der Waals surface area contributed by atoms with Crippen molar-refractivity contribution in [2.24, 2.45) is 4.99 Å². The minimum absolute atomic E-state index is 0.206. The first-order valence-corrected chi connectivity index (χ1v) is 10.4. The molecule has 1 atom stereocenters. The number of nitrogens with one attached hydrogen (secondary N) is 1. The van der Waals surface area contributed by atoms with Crippen LogP contribution in [0.4, 0.5) is 5.82 Å². The highest BCUT2D eigenvalue weighted by molar-refractivity contribution is 6.05. The van der Waals surface area contributed by atoms with Crippen LogP contribution in [-0.2, 0) is 16.1 Å². The molecule has 0 spiro atoms. The van der Waals surface area contributed by atoms with Crippen molar-refractivity contribution in [1.82, 2.24) is 20.4 Å². The summed E-state index contributed by atoms with van der Waals surface area (Å²) in [6.07, 6.45) is 9.31. The summed E-state index contributed by atoms with van der Waals surface area (Å²) in [5.74, 6) is 5.75. The average molecular weight is 438 g/mol. The Bertz CT molecular complexity index is 1280. The highest BCUT2D eigenvalue weighted by Gasteiger charge is 2.38. The fourth-order valence-corrected chi connectivity index (χ4v) is 3.86. The summed E-state index contributed by atoms with van der Waals surface area (Å²) in [5.41, 5.74) is 2.60. The number of imide groups is 1. The van der Waals surface area contributed by atoms with Crippen molar-refractivity contribution in [1.29, 1.82) is 0 Å². The number of anilines is 1. The number of benzene rings is 1. The van der Waals surface area contributed by atoms with E-state index in [0.717, 1.165) is 11.1 Å². The Hall–Kier alpha value is -4.58. The van der Waals surface area contributed by atoms with Gasteiger partial charge in [0.15, 0.2) is 5.82 Å². The zero-order valence-corrected chi connectivity index (χ0v) is 17.4. The summed E-state index contributed by atoms with van der Waals surface area (Å²) in [4.78, 5) is 43.7. The maximum absolute atomic E-state index is 12.8. The van der Waals surface area contributed by atoms with E-state index >= 15 is 0 Å². The molecule has 1 unspecified atom stereocenters. The predicted octanol–water partition coefficient (Wildman–Crippen LogP) is 1.51. The Kier molecular flexibility index (Phi) is 5.24. The van der Waals surface area contributed by atoms with E-state index in [2.05, 4.69) is 32.3 Å². The van der Waals surface area contributed by atoms with Crippen LogP contribution in [0.3, 0.4) is 0 Å². The SMILES string of the molecule is O=C1CCC(N2Cc3cc(C#Cc4ccc(N5C=CC=NC=C5)nn4)ccc3C2=O)C(=O)N1. The zero-order chi connectivity index (χ0) is 22.8. The van der Waals surface area contributed by atoms with Crippen LogP contribution in [0.25, 0.3) is 0 Å². The molecule has 0 saturated carbocycles. The molecule has 1 saturated heterocycles. The third kappa shape index (κ3) is 4.14. The summed E-state index contributed by atoms with van der Waals surface area (Å²) < 4.78 is 0. The van der Waals surface area contributed by atoms with Gasteiger partial charge in [-0.05, 0) is 54.3 Å². The summed E-state index contributed by atoms with van der Waals surface area (Å²) in [5, 5.41) is 10.7. The van der Waals surface area contributed by atoms with Crippen LogP contribution in [0.15, 0.2) is 60.0 Å². The van der Waals surface area contributed by atoms with Gasteiger partial charge in [-0.2, -0.15) is 0 Å². The number of carbonyl (C=O) groups is 3. The Labute approximate surface area is 189 Å². The van der Waals surface area contributed by atoms with Crippen LogP contribution < -0.4 is 10.2 Å². The minimum Gasteiger partial charge on any atom is -0.322 e. The number of hydrogen-bond donors (Lipinski definition) is 1. The first-order chi connectivity index (χ1) is 16.1. The van der Waals surface area contributed by atoms with E-state index in [0.29, 0.717) is 30.0 Å². The molecule has 4 heterocycles. The second-order valence-electron chi connectivity index (χ2n) is 7.64. The van der Waals surface area contributed by atoms with Gasteiger partial charge in [0.2, 0.25) is 11.8 Å². The third-order valence-electron chi connectivity index (χ3n) is 5.51. The number of nitrogens with zero attached hydrogens (tertiary/aromatic N) is 5. The average Bonchev–Trinajstić information content (AvgIpc) is 2.98. The molecule has 9 heteroatoms. The first-order valence-electron chi connectivity index (χ1n) is 10.4. The van der Waals surface area contributed by atoms with Crippen LogP contribution in [0.5, 0.6) is 0 Å². The van der Waals surface area contributed by atoms with Gasteiger partial charge >= 0.3 is 0 Å². The van der Waals surface area contributed by atoms with E-state index in [1.165, 1.54) is 4.90 Å². The number of rotatable bonds is 2. The van der Waals surface area contributed by atoms with E-state index in [-0.39, 0.29) is 18.2 Å². The lowest BCUT2D eigenvalue weighted by molar-refractivity contribution is -0.136. The lowest BCUT2D eigenvalue weighted by Gasteiger charge is -2.29. The number of amides is 3. The highest BCUT2D eigenvalue weighted by atomic mass is 16.2. The van der Waals surface area contributed by atoms with Crippen molar-refractivity contribution in [3.8, 4) is 11.8 Å². The van der Waals surface area contributed by atoms with Gasteiger partial charge in [0.25, 0.3) is 5.91 Å². The van der Waals surface area contributed by atoms with Gasteiger partial charge in [0.1, 0.15) is 11.7 Å². The molecule has 9 nitrogen and oxygen atoms in total. The molecule has 1 aromatic heterocycles. The topological polar surface area (TPSA) is 108 Å². The minimum atomic E-state index is -0.633. The molecule has 162 valence electrons. The summed E-state index contributed by atoms with van der Waals surface area (Å²) in [6.45, 7) is 0.311. The van der Waals surface area contributed by atoms with E-state index < -0.39 is 11.9 Å². The fourth-order valence-electron chi connectivity index (χ4n) is 3.86. The molecule has 0 aliphatic carbocycles. The molecule has 33 heavy (non-hydrogen) atoms. The smallest absolute Gasteiger partial charge is 0.255 e. The molecule has 1 aromatic carbocycles. The normalized spacial score (nSPS) is 19.2. The monoisotopic (exact) mass is 438 g/mol. The van der Waals surface area contributed by atoms with Crippen LogP contribution in [0.1, 0.15) is 40.0 Å². The van der Waals surface area contributed by atoms with Gasteiger partial charge < -0.3 is 9.80 Å². The van der Waals surface area contributed by atoms with E-state index in [1.807, 2.05) is 18.3 Å². The number of fused-ring (bicyclic) bond motifs is 1. The van der Waals surface area contributed by atoms with Gasteiger partial charge in [0, 0.05) is 48.9 Å². The molecular weight excluding hydrogens is 420 g/mol. The van der Waals surface area contributed by atoms with Crippen LogP contribution in [0, 0.1) is 11.8 Å². The largest absolute Gasteiger partial charge is 0.322 e. The Balaban J connectivity index is 1.30. The second-order valence-corrected chi connectivity index (χ2v) is 7.64. The van der Waals surface area contributed by atoms with Crippen LogP contribution in [0.2, 0.25) is 0 Å². The lowest BCUT2D eigenvalue weighted by atomic mass is 10.0. The summed E-state index contributed by atoms with van der Waals surface area (Å²) in [6, 6.07) is 8.31. The Morgan fingerprint density at radius 3 is 2.76 bits per heavy atom. The maximum atomic E-state index is 12.8. The van der Waals surface area contributed by atoms with Gasteiger partial charge in [-0.15, -0.1) is 10.2 Å². The van der Waals surface area contributed by atoms with Crippen LogP contribution in [-0.4, -0.2) is 45.1 Å². The summed E-state index contributed by atoms with van der Waals surface area (Å²) >= 11 is 0. The van der Waals surface area contributed by atoms with Crippen LogP contribution >= 0.6 is 0 Å². The molecule has 2 aromatic rings. The van der Waals surface area contributed by atoms with Gasteiger partial charge in [-0.25, -0.2) is 0 Å². The molecule has 0 bridgehead atoms. The molecular formula is C24H18N6O3. The number of aromatic nitrogens is 2. The fraction of sp³-hybridized carbons (Fsp3) is 0.167. The number of carbonyl (C=O) groups excluding carboxylic acids is 3. The van der Waals surface area contributed by atoms with Crippen molar-refractivity contribution < 1.29 is 14.4 Å². The van der Waals surface area contributed by atoms with Crippen molar-refractivity contribution in [3.05, 3.63) is 77.4 Å². The molecule has 1 fully saturated rings. The molecule has 3 amide bonds. The predicted molar refractivity (Wildman–Crippen MR) is 120 cm³/mol. The maximum Gasteiger partial charge on any atom is 0.255 e. The quantitative estimate of drug-likeness (QED) is 0.563. The second kappa shape index (κ2) is 8.51.